The second-order valence-electron chi connectivity index (χ2n) is 6.55. The van der Waals surface area contributed by atoms with Crippen molar-refractivity contribution >= 4 is 18.4 Å². The average molecular weight is 336 g/mol. The fraction of sp³-hybridized carbons (Fsp3) is 0.526. The highest BCUT2D eigenvalue weighted by molar-refractivity contribution is 5.85. The van der Waals surface area contributed by atoms with Crippen LogP contribution >= 0.6 is 12.4 Å². The van der Waals surface area contributed by atoms with Crippen LogP contribution in [0.4, 0.5) is 5.95 Å². The molecular weight excluding hydrogens is 306 g/mol. The van der Waals surface area contributed by atoms with Crippen LogP contribution in [0, 0.1) is 5.92 Å². The van der Waals surface area contributed by atoms with E-state index in [4.69, 9.17) is 5.73 Å². The van der Waals surface area contributed by atoms with E-state index < -0.39 is 0 Å². The number of nitrogens with one attached hydrogen (secondary N) is 1. The van der Waals surface area contributed by atoms with Gasteiger partial charge in [-0.3, -0.25) is 0 Å². The van der Waals surface area contributed by atoms with Crippen molar-refractivity contribution in [3.63, 3.8) is 0 Å². The third-order valence-electron chi connectivity index (χ3n) is 3.96. The molecule has 2 rings (SSSR count). The fourth-order valence-electron chi connectivity index (χ4n) is 2.81. The number of halogens is 1. The predicted octanol–water partition coefficient (Wildman–Crippen LogP) is 5.40. The Kier molecular flexibility index (Phi) is 8.18. The zero-order chi connectivity index (χ0) is 15.9. The Hall–Kier alpha value is -1.48. The highest BCUT2D eigenvalue weighted by Gasteiger charge is 2.12. The van der Waals surface area contributed by atoms with Gasteiger partial charge < -0.3 is 10.7 Å². The van der Waals surface area contributed by atoms with Gasteiger partial charge in [-0.1, -0.05) is 64.3 Å². The lowest BCUT2D eigenvalue weighted by molar-refractivity contribution is 0.639. The molecule has 0 radical (unpaired) electrons. The van der Waals surface area contributed by atoms with Crippen LogP contribution in [0.2, 0.25) is 0 Å². The number of hydrogen-bond donors (Lipinski definition) is 2. The zero-order valence-electron chi connectivity index (χ0n) is 14.6. The van der Waals surface area contributed by atoms with Gasteiger partial charge in [-0.15, -0.1) is 12.4 Å². The maximum Gasteiger partial charge on any atom is 0.198 e. The number of unbranched alkanes of at least 4 members (excludes halogenated alkanes) is 3. The summed E-state index contributed by atoms with van der Waals surface area (Å²) in [7, 11) is 0. The average Bonchev–Trinajstić information content (AvgIpc) is 2.84. The minimum Gasteiger partial charge on any atom is -0.369 e. The molecule has 1 aromatic heterocycles. The molecule has 0 fully saturated rings. The lowest BCUT2D eigenvalue weighted by atomic mass is 10.0. The van der Waals surface area contributed by atoms with Crippen molar-refractivity contribution in [3.05, 3.63) is 35.5 Å². The summed E-state index contributed by atoms with van der Waals surface area (Å²) in [6.45, 7) is 6.67. The van der Waals surface area contributed by atoms with Crippen molar-refractivity contribution in [3.8, 4) is 11.3 Å². The number of nitrogens with two attached hydrogens (primary N) is 1. The van der Waals surface area contributed by atoms with Gasteiger partial charge in [0.2, 0.25) is 0 Å². The van der Waals surface area contributed by atoms with Crippen molar-refractivity contribution in [2.75, 3.05) is 5.73 Å². The van der Waals surface area contributed by atoms with E-state index in [1.807, 2.05) is 0 Å². The summed E-state index contributed by atoms with van der Waals surface area (Å²) in [5.41, 5.74) is 10.6. The number of aryl methyl sites for hydroxylation is 1. The number of hydrogen-bond acceptors (Lipinski definition) is 2. The Labute approximate surface area is 146 Å². The van der Waals surface area contributed by atoms with Crippen LogP contribution < -0.4 is 5.73 Å². The molecule has 0 unspecified atom stereocenters. The smallest absolute Gasteiger partial charge is 0.198 e. The quantitative estimate of drug-likeness (QED) is 0.634. The lowest BCUT2D eigenvalue weighted by Gasteiger charge is -2.07. The Morgan fingerprint density at radius 1 is 1.09 bits per heavy atom. The van der Waals surface area contributed by atoms with Gasteiger partial charge in [-0.2, -0.15) is 0 Å². The van der Waals surface area contributed by atoms with Crippen molar-refractivity contribution in [1.29, 1.82) is 0 Å². The molecule has 0 amide bonds. The van der Waals surface area contributed by atoms with E-state index in [2.05, 4.69) is 55.0 Å². The minimum atomic E-state index is 0. The number of anilines is 1. The van der Waals surface area contributed by atoms with Crippen molar-refractivity contribution in [1.82, 2.24) is 9.97 Å². The Bertz CT molecular complexity index is 573. The SMILES string of the molecule is CCCCCCc1ccc(-c2nc(N)[nH]c2CC(C)C)cc1.Cl. The van der Waals surface area contributed by atoms with Crippen LogP contribution in [0.15, 0.2) is 24.3 Å². The number of nitrogens with zero attached hydrogens (tertiary/aromatic N) is 1. The van der Waals surface area contributed by atoms with Crippen LogP contribution in [0.1, 0.15) is 57.7 Å². The van der Waals surface area contributed by atoms with Crippen molar-refractivity contribution < 1.29 is 0 Å². The first-order chi connectivity index (χ1) is 10.6. The summed E-state index contributed by atoms with van der Waals surface area (Å²) < 4.78 is 0. The van der Waals surface area contributed by atoms with Gasteiger partial charge in [0.1, 0.15) is 0 Å². The molecule has 1 heterocycles. The molecule has 0 saturated carbocycles. The molecule has 0 atom stereocenters. The summed E-state index contributed by atoms with van der Waals surface area (Å²) in [6.07, 6.45) is 7.37. The highest BCUT2D eigenvalue weighted by Crippen LogP contribution is 2.25. The molecule has 0 bridgehead atoms. The third kappa shape index (κ3) is 5.91. The molecular formula is C19H30ClN3. The van der Waals surface area contributed by atoms with Gasteiger partial charge in [-0.05, 0) is 30.7 Å². The number of nitrogen functional groups attached to an aromatic ring is 1. The monoisotopic (exact) mass is 335 g/mol. The number of rotatable bonds is 8. The van der Waals surface area contributed by atoms with Crippen molar-refractivity contribution in [2.45, 2.75) is 59.3 Å². The Morgan fingerprint density at radius 2 is 1.78 bits per heavy atom. The largest absolute Gasteiger partial charge is 0.369 e. The van der Waals surface area contributed by atoms with Crippen LogP contribution in [-0.4, -0.2) is 9.97 Å². The highest BCUT2D eigenvalue weighted by atomic mass is 35.5. The standard InChI is InChI=1S/C19H29N3.ClH/c1-4-5-6-7-8-15-9-11-16(12-10-15)18-17(13-14(2)3)21-19(20)22-18;/h9-12,14H,4-8,13H2,1-3H3,(H3,20,21,22);1H. The van der Waals surface area contributed by atoms with E-state index in [0.717, 1.165) is 23.4 Å². The molecule has 23 heavy (non-hydrogen) atoms. The molecule has 2 aromatic rings. The molecule has 0 aliphatic carbocycles. The van der Waals surface area contributed by atoms with E-state index in [-0.39, 0.29) is 12.4 Å². The summed E-state index contributed by atoms with van der Waals surface area (Å²) in [6, 6.07) is 8.81. The molecule has 1 aromatic carbocycles. The second kappa shape index (κ2) is 9.61. The van der Waals surface area contributed by atoms with Gasteiger partial charge in [0.05, 0.1) is 5.69 Å². The number of benzene rings is 1. The molecule has 0 spiro atoms. The van der Waals surface area contributed by atoms with E-state index in [0.29, 0.717) is 11.9 Å². The Morgan fingerprint density at radius 3 is 2.39 bits per heavy atom. The number of aromatic nitrogens is 2. The second-order valence-corrected chi connectivity index (χ2v) is 6.55. The third-order valence-corrected chi connectivity index (χ3v) is 3.96. The zero-order valence-corrected chi connectivity index (χ0v) is 15.4. The summed E-state index contributed by atoms with van der Waals surface area (Å²) in [4.78, 5) is 7.68. The fourth-order valence-corrected chi connectivity index (χ4v) is 2.81. The minimum absolute atomic E-state index is 0. The van der Waals surface area contributed by atoms with Gasteiger partial charge in [-0.25, -0.2) is 4.98 Å². The summed E-state index contributed by atoms with van der Waals surface area (Å²) in [5, 5.41) is 0. The first kappa shape index (κ1) is 19.6. The maximum absolute atomic E-state index is 5.85. The van der Waals surface area contributed by atoms with E-state index in [1.165, 1.54) is 37.7 Å². The molecule has 3 N–H and O–H groups in total. The normalized spacial score (nSPS) is 10.8. The Balaban J connectivity index is 0.00000264. The molecule has 0 aliphatic heterocycles. The van der Waals surface area contributed by atoms with Crippen LogP contribution in [-0.2, 0) is 12.8 Å². The molecule has 128 valence electrons. The van der Waals surface area contributed by atoms with Crippen molar-refractivity contribution in [2.24, 2.45) is 5.92 Å². The first-order valence-corrected chi connectivity index (χ1v) is 8.53. The maximum atomic E-state index is 5.85. The van der Waals surface area contributed by atoms with Gasteiger partial charge >= 0.3 is 0 Å². The molecule has 0 saturated heterocycles. The van der Waals surface area contributed by atoms with E-state index >= 15 is 0 Å². The van der Waals surface area contributed by atoms with Crippen LogP contribution in [0.5, 0.6) is 0 Å². The number of H-pyrrole nitrogens is 1. The topological polar surface area (TPSA) is 54.7 Å². The first-order valence-electron chi connectivity index (χ1n) is 8.53. The van der Waals surface area contributed by atoms with Gasteiger partial charge in [0, 0.05) is 11.3 Å². The van der Waals surface area contributed by atoms with E-state index in [9.17, 15) is 0 Å². The number of aromatic amines is 1. The summed E-state index contributed by atoms with van der Waals surface area (Å²) >= 11 is 0. The van der Waals surface area contributed by atoms with Gasteiger partial charge in [0.15, 0.2) is 5.95 Å². The van der Waals surface area contributed by atoms with E-state index in [1.54, 1.807) is 0 Å². The predicted molar refractivity (Wildman–Crippen MR) is 102 cm³/mol. The molecule has 0 aliphatic rings. The molecule has 3 nitrogen and oxygen atoms in total. The van der Waals surface area contributed by atoms with Gasteiger partial charge in [0.25, 0.3) is 0 Å². The van der Waals surface area contributed by atoms with Crippen LogP contribution in [0.3, 0.4) is 0 Å². The number of imidazole rings is 1. The van der Waals surface area contributed by atoms with Crippen LogP contribution in [0.25, 0.3) is 11.3 Å². The summed E-state index contributed by atoms with van der Waals surface area (Å²) in [5.74, 6) is 1.09. The molecule has 4 heteroatoms. The lowest BCUT2D eigenvalue weighted by Crippen LogP contribution is -1.97.